The highest BCUT2D eigenvalue weighted by atomic mass is 16.2. The van der Waals surface area contributed by atoms with Gasteiger partial charge in [-0.1, -0.05) is 30.3 Å². The molecule has 2 aromatic carbocycles. The lowest BCUT2D eigenvalue weighted by atomic mass is 10.1. The van der Waals surface area contributed by atoms with Crippen molar-refractivity contribution < 1.29 is 4.79 Å². The molecule has 102 valence electrons. The van der Waals surface area contributed by atoms with Crippen LogP contribution in [-0.2, 0) is 17.6 Å². The van der Waals surface area contributed by atoms with Gasteiger partial charge >= 0.3 is 0 Å². The molecule has 0 aromatic heterocycles. The van der Waals surface area contributed by atoms with Crippen LogP contribution < -0.4 is 10.6 Å². The smallest absolute Gasteiger partial charge is 0.231 e. The van der Waals surface area contributed by atoms with Gasteiger partial charge in [0, 0.05) is 17.9 Å². The van der Waals surface area contributed by atoms with Crippen molar-refractivity contribution in [2.24, 2.45) is 0 Å². The Labute approximate surface area is 119 Å². The van der Waals surface area contributed by atoms with E-state index in [4.69, 9.17) is 5.73 Å². The summed E-state index contributed by atoms with van der Waals surface area (Å²) in [5, 5.41) is 0. The summed E-state index contributed by atoms with van der Waals surface area (Å²) in [4.78, 5) is 14.0. The van der Waals surface area contributed by atoms with Crippen LogP contribution in [0.2, 0.25) is 0 Å². The SMILES string of the molecule is Nc1ccc2c(c1)CC(=O)N2CCCc1ccccc1. The van der Waals surface area contributed by atoms with Crippen molar-refractivity contribution in [1.82, 2.24) is 0 Å². The molecule has 0 atom stereocenters. The van der Waals surface area contributed by atoms with E-state index in [0.717, 1.165) is 36.3 Å². The number of nitrogen functional groups attached to an aromatic ring is 1. The maximum absolute atomic E-state index is 12.1. The molecule has 0 aliphatic carbocycles. The minimum absolute atomic E-state index is 0.179. The summed E-state index contributed by atoms with van der Waals surface area (Å²) in [6.07, 6.45) is 2.44. The normalized spacial score (nSPS) is 13.6. The molecular weight excluding hydrogens is 248 g/mol. The molecule has 20 heavy (non-hydrogen) atoms. The lowest BCUT2D eigenvalue weighted by molar-refractivity contribution is -0.117. The van der Waals surface area contributed by atoms with E-state index < -0.39 is 0 Å². The van der Waals surface area contributed by atoms with Crippen LogP contribution in [0.4, 0.5) is 11.4 Å². The van der Waals surface area contributed by atoms with Gasteiger partial charge in [0.2, 0.25) is 5.91 Å². The second-order valence-electron chi connectivity index (χ2n) is 5.20. The van der Waals surface area contributed by atoms with Crippen molar-refractivity contribution in [2.75, 3.05) is 17.2 Å². The number of nitrogens with two attached hydrogens (primary N) is 1. The predicted octanol–water partition coefficient (Wildman–Crippen LogP) is 2.79. The Kier molecular flexibility index (Phi) is 3.42. The first-order valence-electron chi connectivity index (χ1n) is 6.97. The van der Waals surface area contributed by atoms with Gasteiger partial charge in [0.25, 0.3) is 0 Å². The highest BCUT2D eigenvalue weighted by molar-refractivity contribution is 6.01. The molecule has 0 fully saturated rings. The molecule has 2 N–H and O–H groups in total. The number of aryl methyl sites for hydroxylation is 1. The number of anilines is 2. The molecule has 3 nitrogen and oxygen atoms in total. The standard InChI is InChI=1S/C17H18N2O/c18-15-8-9-16-14(11-15)12-17(20)19(16)10-4-7-13-5-2-1-3-6-13/h1-3,5-6,8-9,11H,4,7,10,12,18H2. The van der Waals surface area contributed by atoms with E-state index in [1.54, 1.807) is 0 Å². The van der Waals surface area contributed by atoms with E-state index in [9.17, 15) is 4.79 Å². The van der Waals surface area contributed by atoms with Crippen molar-refractivity contribution in [3.63, 3.8) is 0 Å². The topological polar surface area (TPSA) is 46.3 Å². The molecule has 0 spiro atoms. The zero-order valence-corrected chi connectivity index (χ0v) is 11.4. The van der Waals surface area contributed by atoms with Gasteiger partial charge in [-0.15, -0.1) is 0 Å². The van der Waals surface area contributed by atoms with E-state index in [0.29, 0.717) is 6.42 Å². The first-order chi connectivity index (χ1) is 9.74. The second kappa shape index (κ2) is 5.37. The fourth-order valence-corrected chi connectivity index (χ4v) is 2.73. The van der Waals surface area contributed by atoms with Gasteiger partial charge in [0.1, 0.15) is 0 Å². The molecule has 0 radical (unpaired) electrons. The first-order valence-corrected chi connectivity index (χ1v) is 6.97. The molecule has 3 rings (SSSR count). The summed E-state index contributed by atoms with van der Waals surface area (Å²) < 4.78 is 0. The largest absolute Gasteiger partial charge is 0.399 e. The fraction of sp³-hybridized carbons (Fsp3) is 0.235. The van der Waals surface area contributed by atoms with Gasteiger partial charge in [0.05, 0.1) is 6.42 Å². The number of rotatable bonds is 4. The number of hydrogen-bond donors (Lipinski definition) is 1. The monoisotopic (exact) mass is 266 g/mol. The third kappa shape index (κ3) is 2.52. The number of hydrogen-bond acceptors (Lipinski definition) is 2. The summed E-state index contributed by atoms with van der Waals surface area (Å²) in [6.45, 7) is 0.768. The molecule has 1 aliphatic rings. The van der Waals surface area contributed by atoms with Gasteiger partial charge in [-0.05, 0) is 42.2 Å². The van der Waals surface area contributed by atoms with Crippen LogP contribution in [0.5, 0.6) is 0 Å². The fourth-order valence-electron chi connectivity index (χ4n) is 2.73. The number of benzene rings is 2. The number of amides is 1. The summed E-state index contributed by atoms with van der Waals surface area (Å²) in [6, 6.07) is 16.1. The van der Waals surface area contributed by atoms with Crippen LogP contribution in [0.25, 0.3) is 0 Å². The van der Waals surface area contributed by atoms with Crippen molar-refractivity contribution in [2.45, 2.75) is 19.3 Å². The van der Waals surface area contributed by atoms with Crippen molar-refractivity contribution in [3.05, 3.63) is 59.7 Å². The Morgan fingerprint density at radius 1 is 1.10 bits per heavy atom. The molecule has 2 aromatic rings. The highest BCUT2D eigenvalue weighted by Crippen LogP contribution is 2.30. The third-order valence-electron chi connectivity index (χ3n) is 3.73. The van der Waals surface area contributed by atoms with Crippen molar-refractivity contribution in [1.29, 1.82) is 0 Å². The first kappa shape index (κ1) is 12.7. The van der Waals surface area contributed by atoms with Crippen LogP contribution in [-0.4, -0.2) is 12.5 Å². The number of fused-ring (bicyclic) bond motifs is 1. The molecule has 0 unspecified atom stereocenters. The molecule has 0 saturated carbocycles. The molecule has 1 aliphatic heterocycles. The number of carbonyl (C=O) groups excluding carboxylic acids is 1. The van der Waals surface area contributed by atoms with Gasteiger partial charge in [-0.25, -0.2) is 0 Å². The van der Waals surface area contributed by atoms with Gasteiger partial charge < -0.3 is 10.6 Å². The Hall–Kier alpha value is -2.29. The van der Waals surface area contributed by atoms with E-state index >= 15 is 0 Å². The number of nitrogens with zero attached hydrogens (tertiary/aromatic N) is 1. The lowest BCUT2D eigenvalue weighted by Gasteiger charge is -2.17. The summed E-state index contributed by atoms with van der Waals surface area (Å²) >= 11 is 0. The molecule has 3 heteroatoms. The van der Waals surface area contributed by atoms with E-state index in [2.05, 4.69) is 24.3 Å². The summed E-state index contributed by atoms with van der Waals surface area (Å²) in [5.41, 5.74) is 9.89. The van der Waals surface area contributed by atoms with Crippen molar-refractivity contribution >= 4 is 17.3 Å². The maximum atomic E-state index is 12.1. The Morgan fingerprint density at radius 2 is 1.90 bits per heavy atom. The van der Waals surface area contributed by atoms with Gasteiger partial charge in [-0.2, -0.15) is 0 Å². The lowest BCUT2D eigenvalue weighted by Crippen LogP contribution is -2.28. The average Bonchev–Trinajstić information content (AvgIpc) is 2.75. The minimum atomic E-state index is 0.179. The zero-order chi connectivity index (χ0) is 13.9. The van der Waals surface area contributed by atoms with Crippen LogP contribution >= 0.6 is 0 Å². The van der Waals surface area contributed by atoms with Gasteiger partial charge in [0.15, 0.2) is 0 Å². The van der Waals surface area contributed by atoms with Crippen LogP contribution in [0.1, 0.15) is 17.5 Å². The van der Waals surface area contributed by atoms with Crippen LogP contribution in [0, 0.1) is 0 Å². The molecule has 0 bridgehead atoms. The zero-order valence-electron chi connectivity index (χ0n) is 11.4. The Balaban J connectivity index is 1.65. The van der Waals surface area contributed by atoms with Crippen LogP contribution in [0.3, 0.4) is 0 Å². The predicted molar refractivity (Wildman–Crippen MR) is 81.7 cm³/mol. The highest BCUT2D eigenvalue weighted by Gasteiger charge is 2.26. The van der Waals surface area contributed by atoms with Crippen LogP contribution in [0.15, 0.2) is 48.5 Å². The minimum Gasteiger partial charge on any atom is -0.399 e. The summed E-state index contributed by atoms with van der Waals surface area (Å²) in [5.74, 6) is 0.179. The van der Waals surface area contributed by atoms with Crippen molar-refractivity contribution in [3.8, 4) is 0 Å². The van der Waals surface area contributed by atoms with E-state index in [-0.39, 0.29) is 5.91 Å². The number of carbonyl (C=O) groups is 1. The average molecular weight is 266 g/mol. The Bertz CT molecular complexity index is 622. The van der Waals surface area contributed by atoms with E-state index in [1.165, 1.54) is 5.56 Å². The molecule has 1 heterocycles. The van der Waals surface area contributed by atoms with Gasteiger partial charge in [-0.3, -0.25) is 4.79 Å². The molecule has 1 amide bonds. The van der Waals surface area contributed by atoms with E-state index in [1.807, 2.05) is 29.2 Å². The maximum Gasteiger partial charge on any atom is 0.231 e. The second-order valence-corrected chi connectivity index (χ2v) is 5.20. The Morgan fingerprint density at radius 3 is 2.70 bits per heavy atom. The summed E-state index contributed by atoms with van der Waals surface area (Å²) in [7, 11) is 0. The molecule has 0 saturated heterocycles. The molecular formula is C17H18N2O. The quantitative estimate of drug-likeness (QED) is 0.865. The third-order valence-corrected chi connectivity index (χ3v) is 3.73.